The Morgan fingerprint density at radius 1 is 1.00 bits per heavy atom. The topological polar surface area (TPSA) is 17.1 Å². The molecule has 0 bridgehead atoms. The number of allylic oxidation sites excluding steroid dienone is 4. The van der Waals surface area contributed by atoms with Crippen LogP contribution in [0.15, 0.2) is 41.0 Å². The summed E-state index contributed by atoms with van der Waals surface area (Å²) in [6.45, 7) is 6.15. The molecule has 1 aromatic rings. The fourth-order valence-corrected chi connectivity index (χ4v) is 2.06. The SMILES string of the molecule is CC1=C(C)C(c2ccccc2C)=C1C=O. The molecule has 0 fully saturated rings. The second kappa shape index (κ2) is 3.50. The highest BCUT2D eigenvalue weighted by atomic mass is 16.1. The molecular formula is C14H14O. The van der Waals surface area contributed by atoms with Crippen molar-refractivity contribution in [3.8, 4) is 0 Å². The van der Waals surface area contributed by atoms with Gasteiger partial charge < -0.3 is 0 Å². The molecule has 0 amide bonds. The van der Waals surface area contributed by atoms with Crippen molar-refractivity contribution >= 4 is 11.9 Å². The van der Waals surface area contributed by atoms with E-state index in [2.05, 4.69) is 26.0 Å². The van der Waals surface area contributed by atoms with E-state index in [1.165, 1.54) is 16.7 Å². The molecule has 1 aliphatic carbocycles. The molecule has 0 aliphatic heterocycles. The van der Waals surface area contributed by atoms with E-state index in [4.69, 9.17) is 0 Å². The molecule has 0 atom stereocenters. The predicted octanol–water partition coefficient (Wildman–Crippen LogP) is 3.30. The highest BCUT2D eigenvalue weighted by molar-refractivity contribution is 6.06. The predicted molar refractivity (Wildman–Crippen MR) is 62.5 cm³/mol. The molecule has 2 rings (SSSR count). The fourth-order valence-electron chi connectivity index (χ4n) is 2.06. The number of rotatable bonds is 2. The first kappa shape index (κ1) is 9.91. The van der Waals surface area contributed by atoms with E-state index in [0.29, 0.717) is 0 Å². The highest BCUT2D eigenvalue weighted by Crippen LogP contribution is 2.41. The Kier molecular flexibility index (Phi) is 2.31. The Morgan fingerprint density at radius 2 is 1.67 bits per heavy atom. The zero-order valence-corrected chi connectivity index (χ0v) is 9.29. The third kappa shape index (κ3) is 1.35. The standard InChI is InChI=1S/C14H14O/c1-9-6-4-5-7-12(9)14-11(3)10(2)13(14)8-15/h4-8H,1-3H3. The molecule has 0 saturated carbocycles. The van der Waals surface area contributed by atoms with Crippen molar-refractivity contribution in [2.45, 2.75) is 20.8 Å². The van der Waals surface area contributed by atoms with Crippen LogP contribution in [0.25, 0.3) is 5.57 Å². The van der Waals surface area contributed by atoms with Gasteiger partial charge in [0, 0.05) is 5.57 Å². The smallest absolute Gasteiger partial charge is 0.150 e. The quantitative estimate of drug-likeness (QED) is 0.666. The molecule has 0 heterocycles. The van der Waals surface area contributed by atoms with Crippen molar-refractivity contribution in [1.29, 1.82) is 0 Å². The number of hydrogen-bond donors (Lipinski definition) is 0. The van der Waals surface area contributed by atoms with Gasteiger partial charge in [-0.05, 0) is 48.6 Å². The number of benzene rings is 1. The minimum Gasteiger partial charge on any atom is -0.298 e. The zero-order chi connectivity index (χ0) is 11.0. The van der Waals surface area contributed by atoms with Crippen LogP contribution in [0.3, 0.4) is 0 Å². The lowest BCUT2D eigenvalue weighted by Gasteiger charge is -2.25. The van der Waals surface area contributed by atoms with E-state index >= 15 is 0 Å². The number of hydrogen-bond acceptors (Lipinski definition) is 1. The summed E-state index contributed by atoms with van der Waals surface area (Å²) in [5.74, 6) is 0. The summed E-state index contributed by atoms with van der Waals surface area (Å²) in [5, 5.41) is 0. The van der Waals surface area contributed by atoms with Crippen LogP contribution >= 0.6 is 0 Å². The molecule has 1 aliphatic rings. The van der Waals surface area contributed by atoms with Gasteiger partial charge >= 0.3 is 0 Å². The average Bonchev–Trinajstić information content (AvgIpc) is 2.26. The van der Waals surface area contributed by atoms with Gasteiger partial charge in [-0.2, -0.15) is 0 Å². The molecule has 0 unspecified atom stereocenters. The van der Waals surface area contributed by atoms with E-state index in [-0.39, 0.29) is 0 Å². The minimum absolute atomic E-state index is 0.863. The normalized spacial score (nSPS) is 15.4. The van der Waals surface area contributed by atoms with E-state index in [0.717, 1.165) is 23.0 Å². The summed E-state index contributed by atoms with van der Waals surface area (Å²) >= 11 is 0. The first-order valence-electron chi connectivity index (χ1n) is 5.10. The van der Waals surface area contributed by atoms with Crippen LogP contribution in [0.5, 0.6) is 0 Å². The van der Waals surface area contributed by atoms with E-state index in [9.17, 15) is 4.79 Å². The Bertz CT molecular complexity index is 490. The third-order valence-electron chi connectivity index (χ3n) is 3.14. The first-order valence-corrected chi connectivity index (χ1v) is 5.10. The summed E-state index contributed by atoms with van der Waals surface area (Å²) in [6, 6.07) is 8.18. The summed E-state index contributed by atoms with van der Waals surface area (Å²) < 4.78 is 0. The Labute approximate surface area is 90.1 Å². The van der Waals surface area contributed by atoms with E-state index in [1.54, 1.807) is 0 Å². The Hall–Kier alpha value is -1.63. The summed E-state index contributed by atoms with van der Waals surface area (Å²) in [6.07, 6.45) is 0.962. The van der Waals surface area contributed by atoms with E-state index in [1.807, 2.05) is 19.1 Å². The van der Waals surface area contributed by atoms with Gasteiger partial charge in [0.15, 0.2) is 6.29 Å². The lowest BCUT2D eigenvalue weighted by molar-refractivity contribution is -0.104. The summed E-state index contributed by atoms with van der Waals surface area (Å²) in [5.41, 5.74) is 6.76. The molecule has 0 N–H and O–H groups in total. The number of carbonyl (C=O) groups excluding carboxylic acids is 1. The first-order chi connectivity index (χ1) is 7.16. The van der Waals surface area contributed by atoms with Crippen LogP contribution in [0.4, 0.5) is 0 Å². The molecule has 0 saturated heterocycles. The van der Waals surface area contributed by atoms with Gasteiger partial charge in [0.2, 0.25) is 0 Å². The molecule has 1 aromatic carbocycles. The van der Waals surface area contributed by atoms with E-state index < -0.39 is 0 Å². The second-order valence-corrected chi connectivity index (χ2v) is 3.97. The molecule has 0 spiro atoms. The van der Waals surface area contributed by atoms with Crippen LogP contribution in [0.2, 0.25) is 0 Å². The van der Waals surface area contributed by atoms with Gasteiger partial charge in [0.25, 0.3) is 0 Å². The van der Waals surface area contributed by atoms with Gasteiger partial charge in [-0.1, -0.05) is 24.3 Å². The van der Waals surface area contributed by atoms with Gasteiger partial charge in [-0.25, -0.2) is 0 Å². The summed E-state index contributed by atoms with van der Waals surface area (Å²) in [4.78, 5) is 10.9. The number of carbonyl (C=O) groups is 1. The molecule has 1 heteroatoms. The van der Waals surface area contributed by atoms with Gasteiger partial charge in [-0.3, -0.25) is 4.79 Å². The zero-order valence-electron chi connectivity index (χ0n) is 9.29. The second-order valence-electron chi connectivity index (χ2n) is 3.97. The maximum Gasteiger partial charge on any atom is 0.150 e. The monoisotopic (exact) mass is 198 g/mol. The minimum atomic E-state index is 0.863. The lowest BCUT2D eigenvalue weighted by atomic mass is 9.78. The maximum absolute atomic E-state index is 10.9. The fraction of sp³-hybridized carbons (Fsp3) is 0.214. The number of aryl methyl sites for hydroxylation is 1. The van der Waals surface area contributed by atoms with Crippen molar-refractivity contribution in [3.63, 3.8) is 0 Å². The Balaban J connectivity index is 2.54. The van der Waals surface area contributed by atoms with Crippen molar-refractivity contribution in [2.24, 2.45) is 0 Å². The van der Waals surface area contributed by atoms with Crippen molar-refractivity contribution in [3.05, 3.63) is 52.1 Å². The maximum atomic E-state index is 10.9. The van der Waals surface area contributed by atoms with Crippen LogP contribution in [-0.4, -0.2) is 6.29 Å². The molecule has 1 nitrogen and oxygen atoms in total. The van der Waals surface area contributed by atoms with Gasteiger partial charge in [0.1, 0.15) is 0 Å². The van der Waals surface area contributed by atoms with Gasteiger partial charge in [0.05, 0.1) is 0 Å². The molecule has 0 aromatic heterocycles. The average molecular weight is 198 g/mol. The molecular weight excluding hydrogens is 184 g/mol. The molecule has 76 valence electrons. The summed E-state index contributed by atoms with van der Waals surface area (Å²) in [7, 11) is 0. The Morgan fingerprint density at radius 3 is 2.27 bits per heavy atom. The van der Waals surface area contributed by atoms with Crippen molar-refractivity contribution < 1.29 is 4.79 Å². The van der Waals surface area contributed by atoms with Crippen LogP contribution in [0, 0.1) is 6.92 Å². The van der Waals surface area contributed by atoms with Crippen molar-refractivity contribution in [2.75, 3.05) is 0 Å². The largest absolute Gasteiger partial charge is 0.298 e. The lowest BCUT2D eigenvalue weighted by Crippen LogP contribution is -2.09. The van der Waals surface area contributed by atoms with Crippen molar-refractivity contribution in [1.82, 2.24) is 0 Å². The molecule has 0 radical (unpaired) electrons. The number of aldehydes is 1. The third-order valence-corrected chi connectivity index (χ3v) is 3.14. The molecule has 15 heavy (non-hydrogen) atoms. The van der Waals surface area contributed by atoms with Crippen LogP contribution in [0.1, 0.15) is 25.0 Å². The van der Waals surface area contributed by atoms with Crippen LogP contribution in [-0.2, 0) is 4.79 Å². The van der Waals surface area contributed by atoms with Gasteiger partial charge in [-0.15, -0.1) is 0 Å². The highest BCUT2D eigenvalue weighted by Gasteiger charge is 2.24. The van der Waals surface area contributed by atoms with Crippen LogP contribution < -0.4 is 0 Å².